The van der Waals surface area contributed by atoms with Gasteiger partial charge in [-0.1, -0.05) is 36.4 Å². The second kappa shape index (κ2) is 7.59. The first kappa shape index (κ1) is 18.4. The molecular formula is C23H17FN2O3. The first-order valence-electron chi connectivity index (χ1n) is 8.93. The maximum atomic E-state index is 13.4. The maximum Gasteiger partial charge on any atom is 0.282 e. The zero-order valence-corrected chi connectivity index (χ0v) is 15.6. The highest BCUT2D eigenvalue weighted by atomic mass is 19.1. The Hall–Kier alpha value is -3.93. The van der Waals surface area contributed by atoms with E-state index in [4.69, 9.17) is 4.74 Å². The molecule has 3 aromatic carbocycles. The number of benzene rings is 3. The third-order valence-electron chi connectivity index (χ3n) is 4.57. The van der Waals surface area contributed by atoms with Crippen molar-refractivity contribution < 1.29 is 18.7 Å². The topological polar surface area (TPSA) is 58.6 Å². The highest BCUT2D eigenvalue weighted by Crippen LogP contribution is 2.34. The number of methoxy groups -OCH3 is 1. The highest BCUT2D eigenvalue weighted by molar-refractivity contribution is 6.46. The van der Waals surface area contributed by atoms with Crippen LogP contribution in [-0.4, -0.2) is 18.9 Å². The third kappa shape index (κ3) is 3.48. The number of halogens is 1. The number of ether oxygens (including phenoxy) is 1. The lowest BCUT2D eigenvalue weighted by atomic mass is 10.0. The minimum atomic E-state index is -0.494. The number of imide groups is 1. The van der Waals surface area contributed by atoms with Crippen LogP contribution in [0.5, 0.6) is 5.75 Å². The number of anilines is 2. The van der Waals surface area contributed by atoms with Crippen molar-refractivity contribution in [3.63, 3.8) is 0 Å². The quantitative estimate of drug-likeness (QED) is 0.665. The summed E-state index contributed by atoms with van der Waals surface area (Å²) in [5.41, 5.74) is 1.82. The Morgan fingerprint density at radius 1 is 0.862 bits per heavy atom. The molecule has 3 aromatic rings. The van der Waals surface area contributed by atoms with Crippen LogP contribution in [0.1, 0.15) is 5.56 Å². The number of nitrogens with one attached hydrogen (secondary N) is 1. The minimum Gasteiger partial charge on any atom is -0.497 e. The van der Waals surface area contributed by atoms with Crippen molar-refractivity contribution >= 4 is 28.8 Å². The second-order valence-electron chi connectivity index (χ2n) is 6.40. The lowest BCUT2D eigenvalue weighted by Gasteiger charge is -2.16. The Morgan fingerprint density at radius 2 is 1.59 bits per heavy atom. The summed E-state index contributed by atoms with van der Waals surface area (Å²) in [6, 6.07) is 21.3. The number of hydrogen-bond acceptors (Lipinski definition) is 4. The molecule has 4 rings (SSSR count). The zero-order chi connectivity index (χ0) is 20.4. The normalized spacial score (nSPS) is 13.8. The summed E-state index contributed by atoms with van der Waals surface area (Å²) >= 11 is 0. The molecule has 1 N–H and O–H groups in total. The molecule has 0 bridgehead atoms. The minimum absolute atomic E-state index is 0.135. The summed E-state index contributed by atoms with van der Waals surface area (Å²) in [4.78, 5) is 27.6. The van der Waals surface area contributed by atoms with E-state index in [1.54, 1.807) is 36.4 Å². The fraction of sp³-hybridized carbons (Fsp3) is 0.0435. The number of hydrogen-bond donors (Lipinski definition) is 1. The van der Waals surface area contributed by atoms with Gasteiger partial charge >= 0.3 is 0 Å². The molecule has 0 saturated carbocycles. The Kier molecular flexibility index (Phi) is 4.83. The average molecular weight is 388 g/mol. The van der Waals surface area contributed by atoms with Gasteiger partial charge in [0.1, 0.15) is 17.3 Å². The molecule has 0 aliphatic carbocycles. The number of amides is 2. The molecule has 0 aromatic heterocycles. The summed E-state index contributed by atoms with van der Waals surface area (Å²) in [6.07, 6.45) is 0. The standard InChI is InChI=1S/C23H17FN2O3/c1-29-19-9-5-8-18(14-19)26-22(27)20(15-10-12-16(24)13-11-15)21(23(26)28)25-17-6-3-2-4-7-17/h2-14,25H,1H3. The van der Waals surface area contributed by atoms with Crippen LogP contribution >= 0.6 is 0 Å². The summed E-state index contributed by atoms with van der Waals surface area (Å²) in [6.45, 7) is 0. The van der Waals surface area contributed by atoms with Crippen LogP contribution in [0.3, 0.4) is 0 Å². The van der Waals surface area contributed by atoms with Crippen molar-refractivity contribution in [1.82, 2.24) is 0 Å². The lowest BCUT2D eigenvalue weighted by Crippen LogP contribution is -2.32. The van der Waals surface area contributed by atoms with Crippen LogP contribution in [-0.2, 0) is 9.59 Å². The van der Waals surface area contributed by atoms with Crippen LogP contribution in [0.15, 0.2) is 84.6 Å². The van der Waals surface area contributed by atoms with Gasteiger partial charge in [0.05, 0.1) is 18.4 Å². The molecule has 1 heterocycles. The van der Waals surface area contributed by atoms with E-state index in [9.17, 15) is 14.0 Å². The molecule has 1 aliphatic rings. The van der Waals surface area contributed by atoms with E-state index in [1.165, 1.54) is 31.4 Å². The first-order valence-corrected chi connectivity index (χ1v) is 8.93. The Balaban J connectivity index is 1.82. The maximum absolute atomic E-state index is 13.4. The van der Waals surface area contributed by atoms with Crippen LogP contribution in [0, 0.1) is 5.82 Å². The van der Waals surface area contributed by atoms with E-state index < -0.39 is 17.6 Å². The molecule has 0 radical (unpaired) electrons. The van der Waals surface area contributed by atoms with Gasteiger partial charge in [-0.2, -0.15) is 0 Å². The smallest absolute Gasteiger partial charge is 0.282 e. The SMILES string of the molecule is COc1cccc(N2C(=O)C(Nc3ccccc3)=C(c3ccc(F)cc3)C2=O)c1. The van der Waals surface area contributed by atoms with E-state index in [1.807, 2.05) is 18.2 Å². The van der Waals surface area contributed by atoms with Gasteiger partial charge in [0, 0.05) is 11.8 Å². The van der Waals surface area contributed by atoms with E-state index in [2.05, 4.69) is 5.32 Å². The molecule has 6 heteroatoms. The van der Waals surface area contributed by atoms with Gasteiger partial charge in [-0.3, -0.25) is 9.59 Å². The number of carbonyl (C=O) groups excluding carboxylic acids is 2. The lowest BCUT2D eigenvalue weighted by molar-refractivity contribution is -0.120. The van der Waals surface area contributed by atoms with Gasteiger partial charge in [-0.25, -0.2) is 9.29 Å². The molecule has 144 valence electrons. The van der Waals surface area contributed by atoms with Gasteiger partial charge < -0.3 is 10.1 Å². The summed E-state index contributed by atoms with van der Waals surface area (Å²) in [5, 5.41) is 3.06. The first-order chi connectivity index (χ1) is 14.1. The van der Waals surface area contributed by atoms with E-state index in [0.717, 1.165) is 4.90 Å². The van der Waals surface area contributed by atoms with Crippen molar-refractivity contribution in [1.29, 1.82) is 0 Å². The van der Waals surface area contributed by atoms with Gasteiger partial charge in [-0.15, -0.1) is 0 Å². The second-order valence-corrected chi connectivity index (χ2v) is 6.40. The summed E-state index contributed by atoms with van der Waals surface area (Å²) < 4.78 is 18.6. The number of para-hydroxylation sites is 1. The number of carbonyl (C=O) groups is 2. The van der Waals surface area contributed by atoms with Gasteiger partial charge in [-0.05, 0) is 42.0 Å². The molecule has 0 spiro atoms. The molecule has 29 heavy (non-hydrogen) atoms. The largest absolute Gasteiger partial charge is 0.497 e. The average Bonchev–Trinajstić information content (AvgIpc) is 2.99. The van der Waals surface area contributed by atoms with Crippen LogP contribution in [0.25, 0.3) is 5.57 Å². The van der Waals surface area contributed by atoms with Crippen molar-refractivity contribution in [2.75, 3.05) is 17.3 Å². The number of rotatable bonds is 5. The predicted molar refractivity (Wildman–Crippen MR) is 109 cm³/mol. The molecule has 5 nitrogen and oxygen atoms in total. The molecule has 0 fully saturated rings. The van der Waals surface area contributed by atoms with E-state index >= 15 is 0 Å². The molecule has 0 unspecified atom stereocenters. The highest BCUT2D eigenvalue weighted by Gasteiger charge is 2.40. The van der Waals surface area contributed by atoms with Gasteiger partial charge in [0.25, 0.3) is 11.8 Å². The molecule has 1 aliphatic heterocycles. The van der Waals surface area contributed by atoms with Gasteiger partial charge in [0.15, 0.2) is 0 Å². The van der Waals surface area contributed by atoms with Crippen molar-refractivity contribution in [2.45, 2.75) is 0 Å². The molecule has 0 saturated heterocycles. The zero-order valence-electron chi connectivity index (χ0n) is 15.6. The fourth-order valence-corrected chi connectivity index (χ4v) is 3.18. The Morgan fingerprint density at radius 3 is 2.28 bits per heavy atom. The van der Waals surface area contributed by atoms with E-state index in [-0.39, 0.29) is 11.3 Å². The number of nitrogens with zero attached hydrogens (tertiary/aromatic N) is 1. The van der Waals surface area contributed by atoms with Crippen LogP contribution in [0.2, 0.25) is 0 Å². The third-order valence-corrected chi connectivity index (χ3v) is 4.57. The fourth-order valence-electron chi connectivity index (χ4n) is 3.18. The summed E-state index contributed by atoms with van der Waals surface area (Å²) in [5.74, 6) is -0.885. The Labute approximate surface area is 167 Å². The monoisotopic (exact) mass is 388 g/mol. The summed E-state index contributed by atoms with van der Waals surface area (Å²) in [7, 11) is 1.51. The predicted octanol–water partition coefficient (Wildman–Crippen LogP) is 4.23. The van der Waals surface area contributed by atoms with Crippen LogP contribution in [0.4, 0.5) is 15.8 Å². The molecule has 0 atom stereocenters. The van der Waals surface area contributed by atoms with Crippen LogP contribution < -0.4 is 15.0 Å². The molecule has 2 amide bonds. The van der Waals surface area contributed by atoms with Crippen molar-refractivity contribution in [3.8, 4) is 5.75 Å². The van der Waals surface area contributed by atoms with Gasteiger partial charge in [0.2, 0.25) is 0 Å². The Bertz CT molecular complexity index is 1110. The van der Waals surface area contributed by atoms with E-state index in [0.29, 0.717) is 22.7 Å². The van der Waals surface area contributed by atoms with Crippen molar-refractivity contribution in [2.24, 2.45) is 0 Å². The van der Waals surface area contributed by atoms with Crippen molar-refractivity contribution in [3.05, 3.63) is 95.9 Å². The molecular weight excluding hydrogens is 371 g/mol.